The molecule has 0 aromatic heterocycles. The molecular formula is C22H32N4O4. The molecule has 1 saturated heterocycles. The second-order valence-corrected chi connectivity index (χ2v) is 8.18. The lowest BCUT2D eigenvalue weighted by atomic mass is 9.98. The maximum absolute atomic E-state index is 12.4. The Balaban J connectivity index is 1.52. The quantitative estimate of drug-likeness (QED) is 0.655. The summed E-state index contributed by atoms with van der Waals surface area (Å²) < 4.78 is 16.4. The van der Waals surface area contributed by atoms with Crippen molar-refractivity contribution in [2.75, 3.05) is 54.1 Å². The largest absolute Gasteiger partial charge is 0.493 e. The van der Waals surface area contributed by atoms with Crippen LogP contribution in [-0.4, -0.2) is 75.3 Å². The Morgan fingerprint density at radius 2 is 1.73 bits per heavy atom. The maximum atomic E-state index is 12.4. The van der Waals surface area contributed by atoms with E-state index in [0.29, 0.717) is 29.7 Å². The first kappa shape index (κ1) is 22.2. The van der Waals surface area contributed by atoms with Gasteiger partial charge in [0.1, 0.15) is 5.54 Å². The van der Waals surface area contributed by atoms with E-state index in [9.17, 15) is 10.1 Å². The number of carbonyl (C=O) groups is 1. The van der Waals surface area contributed by atoms with Crippen LogP contribution in [0.25, 0.3) is 0 Å². The Hall–Kier alpha value is -2.50. The summed E-state index contributed by atoms with van der Waals surface area (Å²) in [5.41, 5.74) is 0.304. The maximum Gasteiger partial charge on any atom is 0.235 e. The molecule has 30 heavy (non-hydrogen) atoms. The van der Waals surface area contributed by atoms with E-state index in [1.54, 1.807) is 21.3 Å². The molecule has 1 aromatic carbocycles. The minimum absolute atomic E-state index is 0.0686. The highest BCUT2D eigenvalue weighted by Gasteiger charge is 2.43. The van der Waals surface area contributed by atoms with Crippen LogP contribution in [0.1, 0.15) is 25.3 Å². The summed E-state index contributed by atoms with van der Waals surface area (Å²) in [5, 5.41) is 12.4. The minimum Gasteiger partial charge on any atom is -0.493 e. The van der Waals surface area contributed by atoms with Crippen molar-refractivity contribution in [3.8, 4) is 23.3 Å². The van der Waals surface area contributed by atoms with Gasteiger partial charge in [0.2, 0.25) is 11.7 Å². The third-order valence-electron chi connectivity index (χ3n) is 6.04. The average Bonchev–Trinajstić information content (AvgIpc) is 3.60. The average molecular weight is 417 g/mol. The summed E-state index contributed by atoms with van der Waals surface area (Å²) in [6.45, 7) is 6.20. The number of carbonyl (C=O) groups excluding carboxylic acids is 1. The zero-order chi connectivity index (χ0) is 21.7. The molecule has 1 amide bonds. The van der Waals surface area contributed by atoms with E-state index < -0.39 is 5.54 Å². The number of amides is 1. The second-order valence-electron chi connectivity index (χ2n) is 8.18. The fourth-order valence-electron chi connectivity index (χ4n) is 4.05. The Bertz CT molecular complexity index is 797. The van der Waals surface area contributed by atoms with Gasteiger partial charge in [0, 0.05) is 38.3 Å². The molecule has 8 nitrogen and oxygen atoms in total. The summed E-state index contributed by atoms with van der Waals surface area (Å²) >= 11 is 0. The molecule has 2 fully saturated rings. The number of rotatable bonds is 9. The van der Waals surface area contributed by atoms with Crippen LogP contribution in [0.2, 0.25) is 0 Å². The van der Waals surface area contributed by atoms with Crippen molar-refractivity contribution in [2.45, 2.75) is 31.8 Å². The van der Waals surface area contributed by atoms with Crippen molar-refractivity contribution in [3.63, 3.8) is 0 Å². The van der Waals surface area contributed by atoms with Gasteiger partial charge in [-0.05, 0) is 31.7 Å². The van der Waals surface area contributed by atoms with Crippen LogP contribution in [0.15, 0.2) is 12.1 Å². The minimum atomic E-state index is -0.733. The standard InChI is InChI=1S/C22H32N4O4/c1-22(15-23,17-6-7-17)24-19(27)14-26-11-9-25(10-12-26)13-16-5-8-18(28-2)21(30-4)20(16)29-3/h5,8,17H,6-7,9-14H2,1-4H3,(H,24,27)/t22-/m1/s1. The first-order valence-electron chi connectivity index (χ1n) is 10.4. The van der Waals surface area contributed by atoms with Gasteiger partial charge < -0.3 is 19.5 Å². The number of hydrogen-bond acceptors (Lipinski definition) is 7. The van der Waals surface area contributed by atoms with Gasteiger partial charge in [-0.25, -0.2) is 0 Å². The molecule has 1 heterocycles. The Labute approximate surface area is 178 Å². The van der Waals surface area contributed by atoms with E-state index in [-0.39, 0.29) is 5.91 Å². The zero-order valence-corrected chi connectivity index (χ0v) is 18.4. The van der Waals surface area contributed by atoms with Crippen molar-refractivity contribution in [3.05, 3.63) is 17.7 Å². The molecule has 0 bridgehead atoms. The Morgan fingerprint density at radius 1 is 1.10 bits per heavy atom. The van der Waals surface area contributed by atoms with Gasteiger partial charge in [-0.3, -0.25) is 14.6 Å². The molecule has 1 N–H and O–H groups in total. The third kappa shape index (κ3) is 4.97. The van der Waals surface area contributed by atoms with Gasteiger partial charge in [0.05, 0.1) is 33.9 Å². The number of benzene rings is 1. The Kier molecular flexibility index (Phi) is 7.06. The van der Waals surface area contributed by atoms with Crippen molar-refractivity contribution in [2.24, 2.45) is 5.92 Å². The predicted molar refractivity (Wildman–Crippen MR) is 113 cm³/mol. The lowest BCUT2D eigenvalue weighted by molar-refractivity contribution is -0.124. The van der Waals surface area contributed by atoms with E-state index in [0.717, 1.165) is 51.1 Å². The van der Waals surface area contributed by atoms with Crippen molar-refractivity contribution in [1.82, 2.24) is 15.1 Å². The highest BCUT2D eigenvalue weighted by Crippen LogP contribution is 2.40. The lowest BCUT2D eigenvalue weighted by Crippen LogP contribution is -2.53. The molecule has 0 radical (unpaired) electrons. The van der Waals surface area contributed by atoms with Crippen LogP contribution < -0.4 is 19.5 Å². The molecule has 1 aliphatic heterocycles. The number of piperazine rings is 1. The van der Waals surface area contributed by atoms with E-state index >= 15 is 0 Å². The molecule has 164 valence electrons. The first-order chi connectivity index (χ1) is 14.4. The molecule has 0 unspecified atom stereocenters. The number of methoxy groups -OCH3 is 3. The summed E-state index contributed by atoms with van der Waals surface area (Å²) in [5.74, 6) is 2.16. The first-order valence-corrected chi connectivity index (χ1v) is 10.4. The van der Waals surface area contributed by atoms with Crippen LogP contribution >= 0.6 is 0 Å². The molecular weight excluding hydrogens is 384 g/mol. The summed E-state index contributed by atoms with van der Waals surface area (Å²) in [7, 11) is 4.85. The van der Waals surface area contributed by atoms with Crippen molar-refractivity contribution < 1.29 is 19.0 Å². The molecule has 8 heteroatoms. The van der Waals surface area contributed by atoms with Crippen LogP contribution in [0.3, 0.4) is 0 Å². The van der Waals surface area contributed by atoms with E-state index in [1.807, 2.05) is 19.1 Å². The van der Waals surface area contributed by atoms with Crippen LogP contribution in [-0.2, 0) is 11.3 Å². The molecule has 1 saturated carbocycles. The fourth-order valence-corrected chi connectivity index (χ4v) is 4.05. The third-order valence-corrected chi connectivity index (χ3v) is 6.04. The lowest BCUT2D eigenvalue weighted by Gasteiger charge is -2.35. The van der Waals surface area contributed by atoms with Gasteiger partial charge in [0.25, 0.3) is 0 Å². The molecule has 2 aliphatic rings. The molecule has 0 spiro atoms. The van der Waals surface area contributed by atoms with E-state index in [1.165, 1.54) is 0 Å². The van der Waals surface area contributed by atoms with Gasteiger partial charge in [-0.1, -0.05) is 6.07 Å². The highest BCUT2D eigenvalue weighted by atomic mass is 16.5. The van der Waals surface area contributed by atoms with Crippen molar-refractivity contribution >= 4 is 5.91 Å². The SMILES string of the molecule is COc1ccc(CN2CCN(CC(=O)N[C@](C)(C#N)C3CC3)CC2)c(OC)c1OC. The second kappa shape index (κ2) is 9.54. The smallest absolute Gasteiger partial charge is 0.235 e. The number of nitrogens with zero attached hydrogens (tertiary/aromatic N) is 3. The number of ether oxygens (including phenoxy) is 3. The highest BCUT2D eigenvalue weighted by molar-refractivity contribution is 5.79. The van der Waals surface area contributed by atoms with E-state index in [2.05, 4.69) is 21.2 Å². The van der Waals surface area contributed by atoms with Gasteiger partial charge in [0.15, 0.2) is 11.5 Å². The monoisotopic (exact) mass is 416 g/mol. The van der Waals surface area contributed by atoms with Crippen LogP contribution in [0.4, 0.5) is 0 Å². The van der Waals surface area contributed by atoms with Gasteiger partial charge in [-0.15, -0.1) is 0 Å². The summed E-state index contributed by atoms with van der Waals surface area (Å²) in [6, 6.07) is 6.17. The van der Waals surface area contributed by atoms with Crippen molar-refractivity contribution in [1.29, 1.82) is 5.26 Å². The summed E-state index contributed by atoms with van der Waals surface area (Å²) in [4.78, 5) is 16.9. The number of nitrogens with one attached hydrogen (secondary N) is 1. The zero-order valence-electron chi connectivity index (χ0n) is 18.4. The molecule has 1 aromatic rings. The topological polar surface area (TPSA) is 87.1 Å². The number of nitriles is 1. The van der Waals surface area contributed by atoms with Gasteiger partial charge in [-0.2, -0.15) is 5.26 Å². The molecule has 1 aliphatic carbocycles. The fraction of sp³-hybridized carbons (Fsp3) is 0.636. The summed E-state index contributed by atoms with van der Waals surface area (Å²) in [6.07, 6.45) is 2.03. The van der Waals surface area contributed by atoms with E-state index in [4.69, 9.17) is 14.2 Å². The predicted octanol–water partition coefficient (Wildman–Crippen LogP) is 1.64. The normalized spacial score (nSPS) is 19.4. The van der Waals surface area contributed by atoms with Crippen LogP contribution in [0.5, 0.6) is 17.2 Å². The van der Waals surface area contributed by atoms with Crippen LogP contribution in [0, 0.1) is 17.2 Å². The Morgan fingerprint density at radius 3 is 2.27 bits per heavy atom. The van der Waals surface area contributed by atoms with Gasteiger partial charge >= 0.3 is 0 Å². The molecule has 1 atom stereocenters. The number of hydrogen-bond donors (Lipinski definition) is 1. The molecule has 3 rings (SSSR count).